The van der Waals surface area contributed by atoms with Crippen molar-refractivity contribution >= 4 is 21.8 Å². The Labute approximate surface area is 124 Å². The molecule has 19 heavy (non-hydrogen) atoms. The molecule has 0 radical (unpaired) electrons. The molecular formula is C16H22BrNO. The van der Waals surface area contributed by atoms with Crippen molar-refractivity contribution in [3.05, 3.63) is 35.4 Å². The molecule has 0 aliphatic heterocycles. The van der Waals surface area contributed by atoms with E-state index in [0.717, 1.165) is 17.7 Å². The molecule has 0 aromatic heterocycles. The van der Waals surface area contributed by atoms with Gasteiger partial charge in [0.15, 0.2) is 0 Å². The van der Waals surface area contributed by atoms with Crippen molar-refractivity contribution in [2.75, 3.05) is 0 Å². The van der Waals surface area contributed by atoms with Crippen molar-refractivity contribution in [2.24, 2.45) is 5.92 Å². The smallest absolute Gasteiger partial charge is 0.220 e. The summed E-state index contributed by atoms with van der Waals surface area (Å²) in [5.41, 5.74) is 2.43. The lowest BCUT2D eigenvalue weighted by molar-refractivity contribution is -0.121. The Bertz CT molecular complexity index is 396. The highest BCUT2D eigenvalue weighted by Gasteiger charge is 2.15. The Morgan fingerprint density at radius 1 is 1.16 bits per heavy atom. The summed E-state index contributed by atoms with van der Waals surface area (Å²) in [4.78, 5) is 11.8. The monoisotopic (exact) mass is 323 g/mol. The van der Waals surface area contributed by atoms with Gasteiger partial charge in [-0.1, -0.05) is 65.9 Å². The summed E-state index contributed by atoms with van der Waals surface area (Å²) in [7, 11) is 0. The predicted molar refractivity (Wildman–Crippen MR) is 82.1 cm³/mol. The van der Waals surface area contributed by atoms with E-state index in [1.807, 2.05) is 0 Å². The Hall–Kier alpha value is -0.830. The van der Waals surface area contributed by atoms with Gasteiger partial charge in [0.05, 0.1) is 0 Å². The quantitative estimate of drug-likeness (QED) is 0.782. The summed E-state index contributed by atoms with van der Waals surface area (Å²) in [6.45, 7) is 0.645. The number of carbonyl (C=O) groups excluding carboxylic acids is 1. The molecule has 0 spiro atoms. The summed E-state index contributed by atoms with van der Waals surface area (Å²) < 4.78 is 0. The van der Waals surface area contributed by atoms with E-state index in [4.69, 9.17) is 0 Å². The molecule has 1 aliphatic rings. The van der Waals surface area contributed by atoms with E-state index in [2.05, 4.69) is 45.5 Å². The molecule has 1 saturated carbocycles. The number of benzene rings is 1. The zero-order chi connectivity index (χ0) is 13.5. The highest BCUT2D eigenvalue weighted by molar-refractivity contribution is 9.08. The molecule has 0 saturated heterocycles. The number of hydrogen-bond acceptors (Lipinski definition) is 1. The van der Waals surface area contributed by atoms with Crippen LogP contribution >= 0.6 is 15.9 Å². The molecule has 1 N–H and O–H groups in total. The minimum atomic E-state index is 0.191. The first-order valence-corrected chi connectivity index (χ1v) is 8.30. The van der Waals surface area contributed by atoms with Gasteiger partial charge >= 0.3 is 0 Å². The largest absolute Gasteiger partial charge is 0.352 e. The number of halogens is 1. The highest BCUT2D eigenvalue weighted by Crippen LogP contribution is 2.28. The molecule has 0 bridgehead atoms. The molecule has 0 heterocycles. The Balaban J connectivity index is 1.67. The van der Waals surface area contributed by atoms with Gasteiger partial charge in [-0.15, -0.1) is 0 Å². The van der Waals surface area contributed by atoms with Crippen LogP contribution in [0.25, 0.3) is 0 Å². The molecule has 1 aromatic rings. The minimum absolute atomic E-state index is 0.191. The maximum Gasteiger partial charge on any atom is 0.220 e. The summed E-state index contributed by atoms with van der Waals surface area (Å²) >= 11 is 3.43. The number of carbonyl (C=O) groups is 1. The normalized spacial score (nSPS) is 15.6. The lowest BCUT2D eigenvalue weighted by Gasteiger charge is -2.09. The lowest BCUT2D eigenvalue weighted by atomic mass is 10.0. The third-order valence-corrected chi connectivity index (χ3v) is 4.57. The molecule has 0 atom stereocenters. The fourth-order valence-electron chi connectivity index (χ4n) is 2.67. The fourth-order valence-corrected chi connectivity index (χ4v) is 3.04. The van der Waals surface area contributed by atoms with Crippen molar-refractivity contribution in [3.8, 4) is 0 Å². The van der Waals surface area contributed by atoms with Gasteiger partial charge in [0, 0.05) is 18.3 Å². The van der Waals surface area contributed by atoms with Crippen LogP contribution in [0.3, 0.4) is 0 Å². The van der Waals surface area contributed by atoms with Crippen LogP contribution in [-0.4, -0.2) is 5.91 Å². The molecule has 0 unspecified atom stereocenters. The molecule has 1 aliphatic carbocycles. The average molecular weight is 324 g/mol. The van der Waals surface area contributed by atoms with Gasteiger partial charge in [-0.3, -0.25) is 4.79 Å². The fraction of sp³-hybridized carbons (Fsp3) is 0.562. The van der Waals surface area contributed by atoms with E-state index in [-0.39, 0.29) is 5.91 Å². The van der Waals surface area contributed by atoms with E-state index in [9.17, 15) is 4.79 Å². The van der Waals surface area contributed by atoms with Crippen molar-refractivity contribution in [1.29, 1.82) is 0 Å². The maximum atomic E-state index is 11.8. The van der Waals surface area contributed by atoms with Crippen LogP contribution in [0.2, 0.25) is 0 Å². The molecule has 2 nitrogen and oxygen atoms in total. The van der Waals surface area contributed by atoms with Crippen LogP contribution in [0.15, 0.2) is 24.3 Å². The summed E-state index contributed by atoms with van der Waals surface area (Å²) in [5, 5.41) is 3.89. The van der Waals surface area contributed by atoms with Gasteiger partial charge in [0.2, 0.25) is 5.91 Å². The van der Waals surface area contributed by atoms with Crippen molar-refractivity contribution in [3.63, 3.8) is 0 Å². The summed E-state index contributed by atoms with van der Waals surface area (Å²) in [6, 6.07) is 8.34. The summed E-state index contributed by atoms with van der Waals surface area (Å²) in [6.07, 6.45) is 7.10. The van der Waals surface area contributed by atoms with E-state index >= 15 is 0 Å². The molecule has 3 heteroatoms. The molecular weight excluding hydrogens is 302 g/mol. The number of nitrogens with one attached hydrogen (secondary N) is 1. The van der Waals surface area contributed by atoms with Gasteiger partial charge < -0.3 is 5.32 Å². The Morgan fingerprint density at radius 2 is 1.79 bits per heavy atom. The van der Waals surface area contributed by atoms with E-state index < -0.39 is 0 Å². The molecule has 2 rings (SSSR count). The Morgan fingerprint density at radius 3 is 2.42 bits per heavy atom. The first-order valence-electron chi connectivity index (χ1n) is 7.18. The third-order valence-electron chi connectivity index (χ3n) is 3.92. The number of amides is 1. The molecule has 1 fully saturated rings. The van der Waals surface area contributed by atoms with E-state index in [1.165, 1.54) is 36.8 Å². The van der Waals surface area contributed by atoms with Gasteiger partial charge in [0.1, 0.15) is 0 Å². The van der Waals surface area contributed by atoms with Crippen molar-refractivity contribution in [1.82, 2.24) is 5.32 Å². The standard InChI is InChI=1S/C16H22BrNO/c17-11-14-5-7-15(8-6-14)12-18-16(19)10-9-13-3-1-2-4-13/h5-8,13H,1-4,9-12H2,(H,18,19). The first kappa shape index (κ1) is 14.6. The molecule has 104 valence electrons. The van der Waals surface area contributed by atoms with E-state index in [1.54, 1.807) is 0 Å². The zero-order valence-electron chi connectivity index (χ0n) is 11.3. The van der Waals surface area contributed by atoms with E-state index in [0.29, 0.717) is 13.0 Å². The van der Waals surface area contributed by atoms with Gasteiger partial charge in [-0.25, -0.2) is 0 Å². The van der Waals surface area contributed by atoms with Crippen LogP contribution in [0, 0.1) is 5.92 Å². The topological polar surface area (TPSA) is 29.1 Å². The SMILES string of the molecule is O=C(CCC1CCCC1)NCc1ccc(CBr)cc1. The Kier molecular flexibility index (Phi) is 5.90. The lowest BCUT2D eigenvalue weighted by Crippen LogP contribution is -2.23. The van der Waals surface area contributed by atoms with Crippen molar-refractivity contribution in [2.45, 2.75) is 50.4 Å². The summed E-state index contributed by atoms with van der Waals surface area (Å²) in [5.74, 6) is 0.987. The van der Waals surface area contributed by atoms with Gasteiger partial charge in [-0.05, 0) is 23.5 Å². The maximum absolute atomic E-state index is 11.8. The second-order valence-corrected chi connectivity index (χ2v) is 5.98. The average Bonchev–Trinajstić information content (AvgIpc) is 2.96. The van der Waals surface area contributed by atoms with Crippen LogP contribution in [0.4, 0.5) is 0 Å². The van der Waals surface area contributed by atoms with Crippen molar-refractivity contribution < 1.29 is 4.79 Å². The molecule has 1 aromatic carbocycles. The number of hydrogen-bond donors (Lipinski definition) is 1. The third kappa shape index (κ3) is 4.98. The molecule has 1 amide bonds. The zero-order valence-corrected chi connectivity index (χ0v) is 12.9. The highest BCUT2D eigenvalue weighted by atomic mass is 79.9. The van der Waals surface area contributed by atoms with Gasteiger partial charge in [0.25, 0.3) is 0 Å². The van der Waals surface area contributed by atoms with Crippen LogP contribution in [0.5, 0.6) is 0 Å². The first-order chi connectivity index (χ1) is 9.28. The minimum Gasteiger partial charge on any atom is -0.352 e. The van der Waals surface area contributed by atoms with Crippen LogP contribution in [-0.2, 0) is 16.7 Å². The number of rotatable bonds is 6. The van der Waals surface area contributed by atoms with Crippen LogP contribution < -0.4 is 5.32 Å². The predicted octanol–water partition coefficient (Wildman–Crippen LogP) is 4.17. The second kappa shape index (κ2) is 7.68. The van der Waals surface area contributed by atoms with Gasteiger partial charge in [-0.2, -0.15) is 0 Å². The van der Waals surface area contributed by atoms with Crippen LogP contribution in [0.1, 0.15) is 49.7 Å². The second-order valence-electron chi connectivity index (χ2n) is 5.42. The number of alkyl halides is 1.